The van der Waals surface area contributed by atoms with Crippen LogP contribution in [0.3, 0.4) is 0 Å². The van der Waals surface area contributed by atoms with E-state index in [9.17, 15) is 22.8 Å². The van der Waals surface area contributed by atoms with Crippen LogP contribution in [0.15, 0.2) is 12.1 Å². The van der Waals surface area contributed by atoms with Gasteiger partial charge in [-0.25, -0.2) is 9.59 Å². The van der Waals surface area contributed by atoms with Gasteiger partial charge in [-0.05, 0) is 32.4 Å². The topological polar surface area (TPSA) is 120 Å². The second kappa shape index (κ2) is 8.50. The predicted octanol–water partition coefficient (Wildman–Crippen LogP) is 2.27. The molecule has 144 valence electrons. The molecule has 11 heteroatoms. The Morgan fingerprint density at radius 1 is 1.23 bits per heavy atom. The number of alkyl halides is 3. The maximum Gasteiger partial charge on any atom is 0.490 e. The van der Waals surface area contributed by atoms with Crippen molar-refractivity contribution in [1.29, 1.82) is 0 Å². The molecule has 1 unspecified atom stereocenters. The minimum Gasteiger partial charge on any atom is -0.481 e. The van der Waals surface area contributed by atoms with Gasteiger partial charge in [0.2, 0.25) is 0 Å². The van der Waals surface area contributed by atoms with Gasteiger partial charge in [-0.3, -0.25) is 9.78 Å². The molecule has 0 aromatic carbocycles. The molecule has 1 atom stereocenters. The van der Waals surface area contributed by atoms with Crippen LogP contribution in [0.4, 0.5) is 23.7 Å². The minimum absolute atomic E-state index is 0.263. The van der Waals surface area contributed by atoms with Crippen LogP contribution < -0.4 is 5.32 Å². The number of aryl methyl sites for hydroxylation is 2. The number of halogens is 3. The number of carbonyl (C=O) groups excluding carboxylic acids is 1. The zero-order chi connectivity index (χ0) is 20.1. The Morgan fingerprint density at radius 3 is 2.23 bits per heavy atom. The van der Waals surface area contributed by atoms with Crippen molar-refractivity contribution in [3.05, 3.63) is 23.5 Å². The standard InChI is InChI=1S/C13H17N3O3.C2HF3O2/c1-8-3-4-11(9(2)14-8)15-13(19)16-6-5-10(7-16)12(17)18;3-2(4,5)1(6)7/h3-4,10H,5-7H2,1-2H3,(H,15,19)(H,17,18);(H,6,7). The number of carbonyl (C=O) groups is 3. The molecule has 0 bridgehead atoms. The summed E-state index contributed by atoms with van der Waals surface area (Å²) in [6.07, 6.45) is -4.58. The SMILES string of the molecule is Cc1ccc(NC(=O)N2CCC(C(=O)O)C2)c(C)n1.O=C(O)C(F)(F)F. The summed E-state index contributed by atoms with van der Waals surface area (Å²) in [6, 6.07) is 3.37. The van der Waals surface area contributed by atoms with E-state index in [-0.39, 0.29) is 12.6 Å². The lowest BCUT2D eigenvalue weighted by atomic mass is 10.1. The van der Waals surface area contributed by atoms with Gasteiger partial charge in [0.15, 0.2) is 0 Å². The molecule has 8 nitrogen and oxygen atoms in total. The Hall–Kier alpha value is -2.85. The molecule has 1 fully saturated rings. The Labute approximate surface area is 146 Å². The summed E-state index contributed by atoms with van der Waals surface area (Å²) in [5.41, 5.74) is 2.30. The van der Waals surface area contributed by atoms with E-state index < -0.39 is 24.0 Å². The molecular formula is C15H18F3N3O5. The van der Waals surface area contributed by atoms with Gasteiger partial charge in [0.1, 0.15) is 0 Å². The van der Waals surface area contributed by atoms with E-state index in [1.54, 1.807) is 6.07 Å². The summed E-state index contributed by atoms with van der Waals surface area (Å²) in [5.74, 6) is -4.06. The van der Waals surface area contributed by atoms with E-state index in [1.165, 1.54) is 4.90 Å². The third-order valence-electron chi connectivity index (χ3n) is 3.53. The number of carboxylic acids is 2. The number of anilines is 1. The smallest absolute Gasteiger partial charge is 0.481 e. The van der Waals surface area contributed by atoms with Crippen LogP contribution in [0.1, 0.15) is 17.8 Å². The van der Waals surface area contributed by atoms with E-state index in [2.05, 4.69) is 10.3 Å². The Balaban J connectivity index is 0.000000412. The number of hydrogen-bond donors (Lipinski definition) is 3. The Kier molecular flexibility index (Phi) is 6.93. The number of amides is 2. The molecule has 0 aliphatic carbocycles. The van der Waals surface area contributed by atoms with E-state index >= 15 is 0 Å². The highest BCUT2D eigenvalue weighted by Gasteiger charge is 2.38. The molecule has 1 aliphatic heterocycles. The van der Waals surface area contributed by atoms with E-state index in [1.807, 2.05) is 19.9 Å². The molecular weight excluding hydrogens is 359 g/mol. The van der Waals surface area contributed by atoms with Gasteiger partial charge in [0.05, 0.1) is 17.3 Å². The second-order valence-corrected chi connectivity index (χ2v) is 5.59. The van der Waals surface area contributed by atoms with Crippen LogP contribution in [-0.4, -0.2) is 57.3 Å². The van der Waals surface area contributed by atoms with Gasteiger partial charge in [-0.15, -0.1) is 0 Å². The van der Waals surface area contributed by atoms with Crippen molar-refractivity contribution >= 4 is 23.7 Å². The van der Waals surface area contributed by atoms with Crippen molar-refractivity contribution in [3.8, 4) is 0 Å². The molecule has 0 saturated carbocycles. The van der Waals surface area contributed by atoms with Gasteiger partial charge >= 0.3 is 24.1 Å². The highest BCUT2D eigenvalue weighted by Crippen LogP contribution is 2.19. The number of carboxylic acid groups (broad SMARTS) is 2. The molecule has 1 aliphatic rings. The molecule has 0 spiro atoms. The van der Waals surface area contributed by atoms with Crippen LogP contribution in [0, 0.1) is 19.8 Å². The molecule has 26 heavy (non-hydrogen) atoms. The molecule has 2 rings (SSSR count). The summed E-state index contributed by atoms with van der Waals surface area (Å²) >= 11 is 0. The molecule has 2 heterocycles. The number of aromatic nitrogens is 1. The van der Waals surface area contributed by atoms with E-state index in [0.717, 1.165) is 11.4 Å². The highest BCUT2D eigenvalue weighted by atomic mass is 19.4. The van der Waals surface area contributed by atoms with Crippen LogP contribution in [-0.2, 0) is 9.59 Å². The van der Waals surface area contributed by atoms with Crippen LogP contribution >= 0.6 is 0 Å². The number of urea groups is 1. The molecule has 1 saturated heterocycles. The van der Waals surface area contributed by atoms with Crippen molar-refractivity contribution in [2.24, 2.45) is 5.92 Å². The zero-order valence-electron chi connectivity index (χ0n) is 14.0. The zero-order valence-corrected chi connectivity index (χ0v) is 14.0. The summed E-state index contributed by atoms with van der Waals surface area (Å²) in [5, 5.41) is 18.8. The number of pyridine rings is 1. The van der Waals surface area contributed by atoms with Crippen molar-refractivity contribution < 1.29 is 37.8 Å². The lowest BCUT2D eigenvalue weighted by Gasteiger charge is -2.17. The van der Waals surface area contributed by atoms with Crippen LogP contribution in [0.25, 0.3) is 0 Å². The largest absolute Gasteiger partial charge is 0.490 e. The number of aliphatic carboxylic acids is 2. The van der Waals surface area contributed by atoms with Crippen molar-refractivity contribution in [2.45, 2.75) is 26.4 Å². The fourth-order valence-corrected chi connectivity index (χ4v) is 2.16. The Morgan fingerprint density at radius 2 is 1.81 bits per heavy atom. The third-order valence-corrected chi connectivity index (χ3v) is 3.53. The Bertz CT molecular complexity index is 694. The number of nitrogens with one attached hydrogen (secondary N) is 1. The molecule has 1 aromatic heterocycles. The molecule has 2 amide bonds. The fraction of sp³-hybridized carbons (Fsp3) is 0.467. The maximum absolute atomic E-state index is 12.0. The summed E-state index contributed by atoms with van der Waals surface area (Å²) in [4.78, 5) is 37.6. The van der Waals surface area contributed by atoms with Crippen molar-refractivity contribution in [2.75, 3.05) is 18.4 Å². The average Bonchev–Trinajstić information content (AvgIpc) is 3.00. The lowest BCUT2D eigenvalue weighted by molar-refractivity contribution is -0.192. The first-order valence-corrected chi connectivity index (χ1v) is 7.45. The van der Waals surface area contributed by atoms with Crippen LogP contribution in [0.5, 0.6) is 0 Å². The monoisotopic (exact) mass is 377 g/mol. The van der Waals surface area contributed by atoms with Gasteiger partial charge in [-0.1, -0.05) is 0 Å². The summed E-state index contributed by atoms with van der Waals surface area (Å²) < 4.78 is 31.7. The highest BCUT2D eigenvalue weighted by molar-refractivity contribution is 5.90. The minimum atomic E-state index is -5.08. The average molecular weight is 377 g/mol. The van der Waals surface area contributed by atoms with Crippen LogP contribution in [0.2, 0.25) is 0 Å². The van der Waals surface area contributed by atoms with Crippen molar-refractivity contribution in [3.63, 3.8) is 0 Å². The first kappa shape index (κ1) is 21.2. The lowest BCUT2D eigenvalue weighted by Crippen LogP contribution is -2.34. The van der Waals surface area contributed by atoms with Gasteiger partial charge in [0.25, 0.3) is 0 Å². The van der Waals surface area contributed by atoms with Gasteiger partial charge in [0, 0.05) is 18.8 Å². The molecule has 1 aromatic rings. The van der Waals surface area contributed by atoms with Gasteiger partial charge < -0.3 is 20.4 Å². The van der Waals surface area contributed by atoms with Gasteiger partial charge in [-0.2, -0.15) is 13.2 Å². The van der Waals surface area contributed by atoms with E-state index in [0.29, 0.717) is 18.7 Å². The normalized spacial score (nSPS) is 16.5. The first-order valence-electron chi connectivity index (χ1n) is 7.45. The first-order chi connectivity index (χ1) is 11.9. The number of hydrogen-bond acceptors (Lipinski definition) is 4. The summed E-state index contributed by atoms with van der Waals surface area (Å²) in [7, 11) is 0. The summed E-state index contributed by atoms with van der Waals surface area (Å²) in [6.45, 7) is 4.45. The predicted molar refractivity (Wildman–Crippen MR) is 83.7 cm³/mol. The van der Waals surface area contributed by atoms with E-state index in [4.69, 9.17) is 15.0 Å². The van der Waals surface area contributed by atoms with Crippen molar-refractivity contribution in [1.82, 2.24) is 9.88 Å². The fourth-order valence-electron chi connectivity index (χ4n) is 2.16. The second-order valence-electron chi connectivity index (χ2n) is 5.59. The quantitative estimate of drug-likeness (QED) is 0.727. The molecule has 0 radical (unpaired) electrons. The maximum atomic E-state index is 12.0. The number of likely N-dealkylation sites (tertiary alicyclic amines) is 1. The number of nitrogens with zero attached hydrogens (tertiary/aromatic N) is 2. The molecule has 3 N–H and O–H groups in total. The third kappa shape index (κ3) is 6.22. The number of rotatable bonds is 2.